The second-order valence-electron chi connectivity index (χ2n) is 5.96. The largest absolute Gasteiger partial charge is 0.379 e. The van der Waals surface area contributed by atoms with Gasteiger partial charge >= 0.3 is 0 Å². The van der Waals surface area contributed by atoms with Gasteiger partial charge in [-0.05, 0) is 18.9 Å². The van der Waals surface area contributed by atoms with Gasteiger partial charge in [0, 0.05) is 29.8 Å². The fourth-order valence-corrected chi connectivity index (χ4v) is 2.99. The maximum atomic E-state index is 14.1. The van der Waals surface area contributed by atoms with E-state index in [4.69, 9.17) is 4.74 Å². The molecule has 1 atom stereocenters. The second kappa shape index (κ2) is 6.36. The van der Waals surface area contributed by atoms with Gasteiger partial charge in [0.05, 0.1) is 24.4 Å². The minimum absolute atomic E-state index is 0.0381. The lowest BCUT2D eigenvalue weighted by atomic mass is 10.1. The van der Waals surface area contributed by atoms with Gasteiger partial charge in [0.25, 0.3) is 0 Å². The van der Waals surface area contributed by atoms with Crippen molar-refractivity contribution in [2.24, 2.45) is 0 Å². The van der Waals surface area contributed by atoms with Crippen LogP contribution in [0.4, 0.5) is 19.0 Å². The maximum absolute atomic E-state index is 14.1. The van der Waals surface area contributed by atoms with Crippen LogP contribution < -0.4 is 5.32 Å². The number of rotatable bonds is 3. The number of halogens is 3. The van der Waals surface area contributed by atoms with Crippen molar-refractivity contribution in [1.82, 2.24) is 15.0 Å². The molecular weight excluding hydrogens is 333 g/mol. The fourth-order valence-electron chi connectivity index (χ4n) is 2.99. The standard InChI is InChI=1S/C17H15F3N4O/c18-9-4-11-12(6-21-15(11)13(19)5-9)16-22-7-14(20)17(24-16)23-10-2-1-3-25-8-10/h4-7,10,21H,1-3,8H2,(H,22,23,24). The third-order valence-electron chi connectivity index (χ3n) is 4.19. The minimum atomic E-state index is -0.707. The van der Waals surface area contributed by atoms with E-state index in [-0.39, 0.29) is 23.2 Å². The lowest BCUT2D eigenvalue weighted by Crippen LogP contribution is -2.30. The topological polar surface area (TPSA) is 62.8 Å². The SMILES string of the molecule is Fc1cc(F)c2[nH]cc(-c3ncc(F)c(NC4CCCOC4)n3)c2c1. The van der Waals surface area contributed by atoms with Gasteiger partial charge in [-0.25, -0.2) is 23.1 Å². The van der Waals surface area contributed by atoms with E-state index in [1.165, 1.54) is 12.3 Å². The number of aromatic nitrogens is 3. The Morgan fingerprint density at radius 3 is 2.88 bits per heavy atom. The predicted octanol–water partition coefficient (Wildman–Crippen LogP) is 3.63. The molecule has 0 bridgehead atoms. The van der Waals surface area contributed by atoms with Crippen molar-refractivity contribution in [3.63, 3.8) is 0 Å². The average Bonchev–Trinajstić information content (AvgIpc) is 3.02. The first kappa shape index (κ1) is 15.9. The van der Waals surface area contributed by atoms with Gasteiger partial charge in [-0.1, -0.05) is 0 Å². The zero-order valence-electron chi connectivity index (χ0n) is 13.2. The normalized spacial score (nSPS) is 17.8. The molecule has 1 unspecified atom stereocenters. The van der Waals surface area contributed by atoms with Crippen LogP contribution in [0.15, 0.2) is 24.5 Å². The van der Waals surface area contributed by atoms with E-state index in [2.05, 4.69) is 20.3 Å². The lowest BCUT2D eigenvalue weighted by Gasteiger charge is -2.23. The molecule has 8 heteroatoms. The van der Waals surface area contributed by atoms with Gasteiger partial charge < -0.3 is 15.0 Å². The van der Waals surface area contributed by atoms with Crippen LogP contribution in [0.2, 0.25) is 0 Å². The van der Waals surface area contributed by atoms with E-state index in [9.17, 15) is 13.2 Å². The Hall–Kier alpha value is -2.61. The molecule has 25 heavy (non-hydrogen) atoms. The van der Waals surface area contributed by atoms with Gasteiger partial charge in [-0.3, -0.25) is 0 Å². The highest BCUT2D eigenvalue weighted by atomic mass is 19.1. The molecule has 1 aliphatic heterocycles. The maximum Gasteiger partial charge on any atom is 0.183 e. The van der Waals surface area contributed by atoms with Crippen molar-refractivity contribution < 1.29 is 17.9 Å². The van der Waals surface area contributed by atoms with Crippen LogP contribution in [-0.4, -0.2) is 34.2 Å². The summed E-state index contributed by atoms with van der Waals surface area (Å²) in [5.74, 6) is -1.78. The Kier molecular flexibility index (Phi) is 4.04. The van der Waals surface area contributed by atoms with Gasteiger partial charge in [-0.2, -0.15) is 0 Å². The number of nitrogens with one attached hydrogen (secondary N) is 2. The van der Waals surface area contributed by atoms with Crippen LogP contribution >= 0.6 is 0 Å². The van der Waals surface area contributed by atoms with Crippen LogP contribution in [0.1, 0.15) is 12.8 Å². The van der Waals surface area contributed by atoms with Crippen molar-refractivity contribution in [1.29, 1.82) is 0 Å². The third kappa shape index (κ3) is 3.05. The van der Waals surface area contributed by atoms with Crippen LogP contribution in [0.3, 0.4) is 0 Å². The Labute approximate surface area is 141 Å². The highest BCUT2D eigenvalue weighted by molar-refractivity contribution is 5.94. The van der Waals surface area contributed by atoms with Crippen molar-refractivity contribution in [2.45, 2.75) is 18.9 Å². The molecule has 2 N–H and O–H groups in total. The minimum Gasteiger partial charge on any atom is -0.379 e. The summed E-state index contributed by atoms with van der Waals surface area (Å²) in [6.07, 6.45) is 4.26. The number of nitrogens with zero attached hydrogens (tertiary/aromatic N) is 2. The molecule has 130 valence electrons. The van der Waals surface area contributed by atoms with Crippen molar-refractivity contribution >= 4 is 16.7 Å². The molecule has 3 heterocycles. The lowest BCUT2D eigenvalue weighted by molar-refractivity contribution is 0.0874. The molecule has 3 aromatic rings. The highest BCUT2D eigenvalue weighted by Gasteiger charge is 2.19. The molecule has 5 nitrogen and oxygen atoms in total. The van der Waals surface area contributed by atoms with Crippen molar-refractivity contribution in [3.05, 3.63) is 42.0 Å². The molecule has 0 radical (unpaired) electrons. The summed E-state index contributed by atoms with van der Waals surface area (Å²) in [5.41, 5.74) is 0.552. The monoisotopic (exact) mass is 348 g/mol. The number of hydrogen-bond acceptors (Lipinski definition) is 4. The molecule has 1 aromatic carbocycles. The summed E-state index contributed by atoms with van der Waals surface area (Å²) in [6.45, 7) is 1.17. The number of H-pyrrole nitrogens is 1. The Bertz CT molecular complexity index is 922. The summed E-state index contributed by atoms with van der Waals surface area (Å²) in [4.78, 5) is 10.9. The first-order valence-corrected chi connectivity index (χ1v) is 7.95. The third-order valence-corrected chi connectivity index (χ3v) is 4.19. The smallest absolute Gasteiger partial charge is 0.183 e. The van der Waals surface area contributed by atoms with Gasteiger partial charge in [0.2, 0.25) is 0 Å². The van der Waals surface area contributed by atoms with E-state index in [0.717, 1.165) is 25.1 Å². The van der Waals surface area contributed by atoms with Crippen LogP contribution in [0.5, 0.6) is 0 Å². The molecular formula is C17H15F3N4O. The molecule has 0 aliphatic carbocycles. The Balaban J connectivity index is 1.72. The molecule has 0 amide bonds. The number of hydrogen-bond donors (Lipinski definition) is 2. The molecule has 2 aromatic heterocycles. The summed E-state index contributed by atoms with van der Waals surface area (Å²) < 4.78 is 46.8. The molecule has 0 spiro atoms. The van der Waals surface area contributed by atoms with Gasteiger partial charge in [-0.15, -0.1) is 0 Å². The number of ether oxygens (including phenoxy) is 1. The summed E-state index contributed by atoms with van der Waals surface area (Å²) in [5, 5.41) is 3.31. The molecule has 1 fully saturated rings. The van der Waals surface area contributed by atoms with E-state index < -0.39 is 17.5 Å². The first-order valence-electron chi connectivity index (χ1n) is 7.95. The number of benzene rings is 1. The molecule has 1 aliphatic rings. The average molecular weight is 348 g/mol. The van der Waals surface area contributed by atoms with E-state index >= 15 is 0 Å². The molecule has 4 rings (SSSR count). The van der Waals surface area contributed by atoms with Crippen LogP contribution in [0.25, 0.3) is 22.3 Å². The zero-order valence-corrected chi connectivity index (χ0v) is 13.2. The summed E-state index contributed by atoms with van der Waals surface area (Å²) in [6, 6.07) is 1.95. The van der Waals surface area contributed by atoms with E-state index in [1.54, 1.807) is 0 Å². The fraction of sp³-hybridized carbons (Fsp3) is 0.294. The Morgan fingerprint density at radius 2 is 2.08 bits per heavy atom. The predicted molar refractivity (Wildman–Crippen MR) is 86.7 cm³/mol. The zero-order chi connectivity index (χ0) is 17.4. The summed E-state index contributed by atoms with van der Waals surface area (Å²) in [7, 11) is 0. The number of aromatic amines is 1. The highest BCUT2D eigenvalue weighted by Crippen LogP contribution is 2.29. The van der Waals surface area contributed by atoms with Gasteiger partial charge in [0.15, 0.2) is 17.5 Å². The van der Waals surface area contributed by atoms with E-state index in [1.807, 2.05) is 0 Å². The molecule has 0 saturated carbocycles. The number of anilines is 1. The Morgan fingerprint density at radius 1 is 1.20 bits per heavy atom. The van der Waals surface area contributed by atoms with Crippen molar-refractivity contribution in [2.75, 3.05) is 18.5 Å². The molecule has 1 saturated heterocycles. The van der Waals surface area contributed by atoms with Gasteiger partial charge in [0.1, 0.15) is 11.6 Å². The summed E-state index contributed by atoms with van der Waals surface area (Å²) >= 11 is 0. The quantitative estimate of drug-likeness (QED) is 0.759. The number of fused-ring (bicyclic) bond motifs is 1. The van der Waals surface area contributed by atoms with Crippen LogP contribution in [0, 0.1) is 17.5 Å². The van der Waals surface area contributed by atoms with Crippen LogP contribution in [-0.2, 0) is 4.74 Å². The second-order valence-corrected chi connectivity index (χ2v) is 5.96. The first-order chi connectivity index (χ1) is 12.1. The van der Waals surface area contributed by atoms with E-state index in [0.29, 0.717) is 24.2 Å². The van der Waals surface area contributed by atoms with Crippen molar-refractivity contribution in [3.8, 4) is 11.4 Å².